The minimum atomic E-state index is -0.292. The number of benzene rings is 1. The van der Waals surface area contributed by atoms with Crippen LogP contribution in [0.15, 0.2) is 35.6 Å². The van der Waals surface area contributed by atoms with Gasteiger partial charge in [-0.1, -0.05) is 24.0 Å². The molecule has 1 fully saturated rings. The molecule has 4 N–H and O–H groups in total. The molecule has 3 heterocycles. The third kappa shape index (κ3) is 4.04. The van der Waals surface area contributed by atoms with Gasteiger partial charge in [0.1, 0.15) is 10.8 Å². The first-order valence-corrected chi connectivity index (χ1v) is 10.0. The lowest BCUT2D eigenvalue weighted by molar-refractivity contribution is -0.114. The Hall–Kier alpha value is -3.08. The molecule has 10 heteroatoms. The van der Waals surface area contributed by atoms with E-state index in [1.54, 1.807) is 18.2 Å². The second-order valence-electron chi connectivity index (χ2n) is 6.59. The highest BCUT2D eigenvalue weighted by Gasteiger charge is 2.17. The Morgan fingerprint density at radius 3 is 2.83 bits per heavy atom. The largest absolute Gasteiger partial charge is 0.354 e. The lowest BCUT2D eigenvalue weighted by atomic mass is 10.1. The molecule has 1 aliphatic rings. The number of carbonyl (C=O) groups is 1. The van der Waals surface area contributed by atoms with E-state index in [-0.39, 0.29) is 18.0 Å². The molecule has 3 aromatic rings. The van der Waals surface area contributed by atoms with E-state index < -0.39 is 0 Å². The Bertz CT molecular complexity index is 1130. The highest BCUT2D eigenvalue weighted by atomic mass is 32.1. The number of anilines is 2. The second kappa shape index (κ2) is 8.11. The lowest BCUT2D eigenvalue weighted by Crippen LogP contribution is -2.44. The molecule has 0 atom stereocenters. The van der Waals surface area contributed by atoms with E-state index >= 15 is 0 Å². The van der Waals surface area contributed by atoms with Crippen LogP contribution in [0.3, 0.4) is 0 Å². The Morgan fingerprint density at radius 2 is 2.10 bits per heavy atom. The van der Waals surface area contributed by atoms with Crippen molar-refractivity contribution in [2.24, 2.45) is 5.73 Å². The maximum Gasteiger partial charge on any atom is 0.277 e. The van der Waals surface area contributed by atoms with Gasteiger partial charge in [-0.25, -0.2) is 4.98 Å². The molecule has 0 radical (unpaired) electrons. The van der Waals surface area contributed by atoms with Crippen molar-refractivity contribution < 1.29 is 4.79 Å². The van der Waals surface area contributed by atoms with Crippen molar-refractivity contribution in [1.29, 1.82) is 0 Å². The predicted molar refractivity (Wildman–Crippen MR) is 115 cm³/mol. The fraction of sp³-hybridized carbons (Fsp3) is 0.263. The first-order chi connectivity index (χ1) is 14.1. The van der Waals surface area contributed by atoms with Crippen LogP contribution < -0.4 is 26.8 Å². The van der Waals surface area contributed by atoms with Crippen molar-refractivity contribution in [3.63, 3.8) is 0 Å². The minimum Gasteiger partial charge on any atom is -0.354 e. The Morgan fingerprint density at radius 1 is 1.31 bits per heavy atom. The van der Waals surface area contributed by atoms with Crippen molar-refractivity contribution >= 4 is 39.8 Å². The van der Waals surface area contributed by atoms with Crippen LogP contribution in [-0.2, 0) is 4.79 Å². The molecular formula is C19H21N7O2S. The molecule has 1 saturated heterocycles. The van der Waals surface area contributed by atoms with E-state index in [9.17, 15) is 9.59 Å². The number of amides is 1. The molecule has 1 aromatic carbocycles. The third-order valence-electron chi connectivity index (χ3n) is 4.58. The van der Waals surface area contributed by atoms with Crippen LogP contribution in [0.2, 0.25) is 0 Å². The van der Waals surface area contributed by atoms with Gasteiger partial charge in [-0.05, 0) is 23.8 Å². The van der Waals surface area contributed by atoms with Gasteiger partial charge in [0.2, 0.25) is 10.9 Å². The van der Waals surface area contributed by atoms with Crippen LogP contribution >= 0.6 is 11.3 Å². The number of carbonyl (C=O) groups excluding carboxylic acids is 1. The highest BCUT2D eigenvalue weighted by molar-refractivity contribution is 7.19. The Labute approximate surface area is 170 Å². The van der Waals surface area contributed by atoms with E-state index in [0.29, 0.717) is 21.5 Å². The fourth-order valence-electron chi connectivity index (χ4n) is 3.15. The number of nitrogens with two attached hydrogens (primary N) is 1. The Balaban J connectivity index is 1.75. The number of hydrogen-bond acceptors (Lipinski definition) is 8. The van der Waals surface area contributed by atoms with Gasteiger partial charge < -0.3 is 21.3 Å². The number of nitrogens with zero attached hydrogens (tertiary/aromatic N) is 4. The van der Waals surface area contributed by atoms with Gasteiger partial charge >= 0.3 is 0 Å². The number of rotatable bonds is 5. The van der Waals surface area contributed by atoms with Gasteiger partial charge in [0.05, 0.1) is 6.54 Å². The molecule has 0 saturated carbocycles. The van der Waals surface area contributed by atoms with Crippen LogP contribution in [0.1, 0.15) is 5.56 Å². The summed E-state index contributed by atoms with van der Waals surface area (Å²) < 4.78 is 1.31. The summed E-state index contributed by atoms with van der Waals surface area (Å²) in [7, 11) is 0. The maximum atomic E-state index is 12.6. The van der Waals surface area contributed by atoms with Gasteiger partial charge in [-0.15, -0.1) is 0 Å². The van der Waals surface area contributed by atoms with E-state index in [2.05, 4.69) is 32.2 Å². The molecular weight excluding hydrogens is 390 g/mol. The summed E-state index contributed by atoms with van der Waals surface area (Å²) in [6.45, 7) is 7.02. The monoisotopic (exact) mass is 411 g/mol. The van der Waals surface area contributed by atoms with E-state index in [1.165, 1.54) is 21.9 Å². The molecule has 0 unspecified atom stereocenters. The van der Waals surface area contributed by atoms with Crippen LogP contribution in [0, 0.1) is 0 Å². The molecule has 0 bridgehead atoms. The molecule has 0 spiro atoms. The molecule has 0 aliphatic carbocycles. The Kier molecular flexibility index (Phi) is 5.38. The van der Waals surface area contributed by atoms with Crippen molar-refractivity contribution in [2.45, 2.75) is 0 Å². The van der Waals surface area contributed by atoms with Crippen molar-refractivity contribution in [3.8, 4) is 10.6 Å². The van der Waals surface area contributed by atoms with Crippen molar-refractivity contribution in [2.75, 3.05) is 42.9 Å². The topological polar surface area (TPSA) is 118 Å². The number of nitrogens with one attached hydrogen (secondary N) is 2. The molecule has 2 aromatic heterocycles. The maximum absolute atomic E-state index is 12.6. The minimum absolute atomic E-state index is 0.108. The quantitative estimate of drug-likeness (QED) is 0.567. The average molecular weight is 411 g/mol. The SMILES string of the molecule is C=Cc1cc(NC(=O)CN)cc(-c2nn3c(=O)cc(N4CCNCC4)nc3s2)c1. The van der Waals surface area contributed by atoms with E-state index in [0.717, 1.165) is 37.3 Å². The zero-order valence-corrected chi connectivity index (χ0v) is 16.5. The second-order valence-corrected chi connectivity index (χ2v) is 7.55. The molecule has 4 rings (SSSR count). The summed E-state index contributed by atoms with van der Waals surface area (Å²) in [6.07, 6.45) is 1.68. The first kappa shape index (κ1) is 19.2. The van der Waals surface area contributed by atoms with Gasteiger partial charge in [-0.3, -0.25) is 9.59 Å². The van der Waals surface area contributed by atoms with Crippen molar-refractivity contribution in [1.82, 2.24) is 19.9 Å². The normalized spacial score (nSPS) is 14.2. The van der Waals surface area contributed by atoms with Gasteiger partial charge in [0, 0.05) is 43.5 Å². The summed E-state index contributed by atoms with van der Waals surface area (Å²) in [4.78, 5) is 31.5. The van der Waals surface area contributed by atoms with E-state index in [1.807, 2.05) is 6.07 Å². The van der Waals surface area contributed by atoms with Crippen LogP contribution in [-0.4, -0.2) is 53.2 Å². The summed E-state index contributed by atoms with van der Waals surface area (Å²) in [5.41, 5.74) is 7.33. The van der Waals surface area contributed by atoms with E-state index in [4.69, 9.17) is 5.73 Å². The zero-order chi connectivity index (χ0) is 20.4. The van der Waals surface area contributed by atoms with Gasteiger partial charge in [0.15, 0.2) is 0 Å². The molecule has 1 aliphatic heterocycles. The van der Waals surface area contributed by atoms with Crippen LogP contribution in [0.5, 0.6) is 0 Å². The standard InChI is InChI=1S/C19H21N7O2S/c1-2-12-7-13(9-14(8-12)22-16(27)11-20)18-24-26-17(28)10-15(23-19(26)29-18)25-5-3-21-4-6-25/h2,7-10,21H,1,3-6,11,20H2,(H,22,27). The highest BCUT2D eigenvalue weighted by Crippen LogP contribution is 2.29. The summed E-state index contributed by atoms with van der Waals surface area (Å²) >= 11 is 1.32. The van der Waals surface area contributed by atoms with Crippen LogP contribution in [0.25, 0.3) is 21.6 Å². The molecule has 9 nitrogen and oxygen atoms in total. The zero-order valence-electron chi connectivity index (χ0n) is 15.7. The number of hydrogen-bond donors (Lipinski definition) is 3. The number of fused-ring (bicyclic) bond motifs is 1. The molecule has 150 valence electrons. The number of piperazine rings is 1. The summed E-state index contributed by atoms with van der Waals surface area (Å²) in [5.74, 6) is 0.377. The van der Waals surface area contributed by atoms with Crippen molar-refractivity contribution in [3.05, 3.63) is 46.8 Å². The molecule has 1 amide bonds. The van der Waals surface area contributed by atoms with Crippen LogP contribution in [0.4, 0.5) is 11.5 Å². The summed E-state index contributed by atoms with van der Waals surface area (Å²) in [6, 6.07) is 7.00. The average Bonchev–Trinajstić information content (AvgIpc) is 3.19. The fourth-order valence-corrected chi connectivity index (χ4v) is 4.04. The van der Waals surface area contributed by atoms with Gasteiger partial charge in [-0.2, -0.15) is 9.61 Å². The lowest BCUT2D eigenvalue weighted by Gasteiger charge is -2.27. The predicted octanol–water partition coefficient (Wildman–Crippen LogP) is 0.768. The van der Waals surface area contributed by atoms with Gasteiger partial charge in [0.25, 0.3) is 5.56 Å². The smallest absolute Gasteiger partial charge is 0.277 e. The number of aromatic nitrogens is 3. The molecule has 29 heavy (non-hydrogen) atoms. The third-order valence-corrected chi connectivity index (χ3v) is 5.54. The first-order valence-electron chi connectivity index (χ1n) is 9.22. The summed E-state index contributed by atoms with van der Waals surface area (Å²) in [5, 5.41) is 11.1.